The van der Waals surface area contributed by atoms with E-state index in [2.05, 4.69) is 27.7 Å². The summed E-state index contributed by atoms with van der Waals surface area (Å²) in [7, 11) is 0. The number of aliphatic carboxylic acids is 4. The van der Waals surface area contributed by atoms with E-state index in [-0.39, 0.29) is 101 Å². The standard InChI is InChI=1S/4C16H32O2.2Ca/c4*1-2-3-4-5-6-7-8-9-10-11-12-13-14-15-16(17)18;;/h4*2-15H2,1H3,(H,17,18);;/q;;;;2*+2/p-4. The fourth-order valence-corrected chi connectivity index (χ4v) is 9.15. The summed E-state index contributed by atoms with van der Waals surface area (Å²) >= 11 is 0. The quantitative estimate of drug-likeness (QED) is 0.0430. The molecule has 8 nitrogen and oxygen atoms in total. The molecule has 0 atom stereocenters. The van der Waals surface area contributed by atoms with Gasteiger partial charge in [-0.1, -0.05) is 336 Å². The molecule has 0 rings (SSSR count). The van der Waals surface area contributed by atoms with E-state index in [9.17, 15) is 39.6 Å². The molecule has 0 bridgehead atoms. The molecule has 0 N–H and O–H groups in total. The molecule has 0 aromatic rings. The Bertz CT molecular complexity index is 885. The van der Waals surface area contributed by atoms with Gasteiger partial charge in [0.15, 0.2) is 0 Å². The van der Waals surface area contributed by atoms with Crippen molar-refractivity contribution >= 4 is 99.4 Å². The molecule has 0 aliphatic rings. The van der Waals surface area contributed by atoms with Gasteiger partial charge in [0.1, 0.15) is 0 Å². The first-order valence-electron chi connectivity index (χ1n) is 31.9. The number of unbranched alkanes of at least 4 members (excludes halogenated alkanes) is 48. The van der Waals surface area contributed by atoms with Gasteiger partial charge in [0.2, 0.25) is 0 Å². The van der Waals surface area contributed by atoms with E-state index in [4.69, 9.17) is 0 Å². The maximum Gasteiger partial charge on any atom is 2.00 e. The van der Waals surface area contributed by atoms with Gasteiger partial charge >= 0.3 is 75.5 Å². The molecule has 0 saturated carbocycles. The van der Waals surface area contributed by atoms with Crippen molar-refractivity contribution in [1.82, 2.24) is 0 Å². The van der Waals surface area contributed by atoms with Gasteiger partial charge in [-0.2, -0.15) is 0 Å². The fourth-order valence-electron chi connectivity index (χ4n) is 9.15. The molecular formula is C64H124Ca2O8. The van der Waals surface area contributed by atoms with Gasteiger partial charge in [-0.15, -0.1) is 0 Å². The van der Waals surface area contributed by atoms with E-state index in [0.29, 0.717) is 0 Å². The third-order valence-electron chi connectivity index (χ3n) is 13.9. The van der Waals surface area contributed by atoms with Gasteiger partial charge < -0.3 is 39.6 Å². The SMILES string of the molecule is CCCCCCCCCCCCCCCC(=O)[O-].CCCCCCCCCCCCCCCC(=O)[O-].CCCCCCCCCCCCCCCC(=O)[O-].CCCCCCCCCCCCCCCC(=O)[O-].[Ca+2].[Ca+2]. The Morgan fingerprint density at radius 3 is 0.338 bits per heavy atom. The summed E-state index contributed by atoms with van der Waals surface area (Å²) < 4.78 is 0. The summed E-state index contributed by atoms with van der Waals surface area (Å²) in [5.74, 6) is -3.62. The largest absolute Gasteiger partial charge is 2.00 e. The predicted octanol–water partition coefficient (Wildman–Crippen LogP) is 16.1. The molecule has 0 aromatic heterocycles. The number of hydrogen-bond donors (Lipinski definition) is 0. The fraction of sp³-hybridized carbons (Fsp3) is 0.938. The third-order valence-corrected chi connectivity index (χ3v) is 13.9. The maximum atomic E-state index is 10.2. The van der Waals surface area contributed by atoms with Crippen molar-refractivity contribution in [3.05, 3.63) is 0 Å². The average Bonchev–Trinajstić information content (AvgIpc) is 3.35. The molecule has 0 saturated heterocycles. The minimum absolute atomic E-state index is 0. The summed E-state index contributed by atoms with van der Waals surface area (Å²) in [5, 5.41) is 40.8. The van der Waals surface area contributed by atoms with E-state index >= 15 is 0 Å². The molecular weight excluding hydrogens is 977 g/mol. The summed E-state index contributed by atoms with van der Waals surface area (Å²) in [6, 6.07) is 0. The van der Waals surface area contributed by atoms with Gasteiger partial charge in [0.25, 0.3) is 0 Å². The van der Waals surface area contributed by atoms with Crippen LogP contribution in [-0.2, 0) is 19.2 Å². The van der Waals surface area contributed by atoms with E-state index < -0.39 is 23.9 Å². The zero-order valence-corrected chi connectivity index (χ0v) is 54.7. The van der Waals surface area contributed by atoms with Gasteiger partial charge in [0.05, 0.1) is 0 Å². The summed E-state index contributed by atoms with van der Waals surface area (Å²) in [4.78, 5) is 40.8. The first kappa shape index (κ1) is 85.7. The van der Waals surface area contributed by atoms with Crippen LogP contribution in [0.3, 0.4) is 0 Å². The van der Waals surface area contributed by atoms with E-state index in [1.807, 2.05) is 0 Å². The molecule has 0 radical (unpaired) electrons. The second-order valence-corrected chi connectivity index (χ2v) is 21.5. The monoisotopic (exact) mass is 1100 g/mol. The van der Waals surface area contributed by atoms with Crippen LogP contribution < -0.4 is 20.4 Å². The Morgan fingerprint density at radius 1 is 0.176 bits per heavy atom. The van der Waals surface area contributed by atoms with Crippen molar-refractivity contribution in [3.8, 4) is 0 Å². The zero-order chi connectivity index (χ0) is 53.9. The Balaban J connectivity index is -0.000000206. The van der Waals surface area contributed by atoms with Crippen molar-refractivity contribution in [1.29, 1.82) is 0 Å². The smallest absolute Gasteiger partial charge is 0.550 e. The van der Waals surface area contributed by atoms with Crippen LogP contribution in [0.2, 0.25) is 0 Å². The number of carboxylic acids is 4. The maximum absolute atomic E-state index is 10.2. The molecule has 0 aliphatic heterocycles. The van der Waals surface area contributed by atoms with Crippen LogP contribution in [0.4, 0.5) is 0 Å². The molecule has 0 aromatic carbocycles. The minimum Gasteiger partial charge on any atom is -0.550 e. The Kier molecular flexibility index (Phi) is 95.2. The molecule has 10 heteroatoms. The van der Waals surface area contributed by atoms with Crippen LogP contribution in [0.15, 0.2) is 0 Å². The van der Waals surface area contributed by atoms with Crippen LogP contribution >= 0.6 is 0 Å². The number of carboxylic acid groups (broad SMARTS) is 4. The number of rotatable bonds is 56. The average molecular weight is 1100 g/mol. The van der Waals surface area contributed by atoms with Crippen LogP contribution in [0, 0.1) is 0 Å². The minimum atomic E-state index is -0.905. The van der Waals surface area contributed by atoms with Crippen LogP contribution in [0.5, 0.6) is 0 Å². The zero-order valence-electron chi connectivity index (χ0n) is 50.3. The second kappa shape index (κ2) is 82.2. The third kappa shape index (κ3) is 101. The molecule has 0 heterocycles. The van der Waals surface area contributed by atoms with Gasteiger partial charge in [-0.3, -0.25) is 0 Å². The van der Waals surface area contributed by atoms with Crippen molar-refractivity contribution in [2.75, 3.05) is 0 Å². The summed E-state index contributed by atoms with van der Waals surface area (Å²) in [6.45, 7) is 9.03. The van der Waals surface area contributed by atoms with E-state index in [1.165, 1.54) is 283 Å². The van der Waals surface area contributed by atoms with E-state index in [0.717, 1.165) is 51.4 Å². The normalized spacial score (nSPS) is 10.4. The molecule has 0 aliphatic carbocycles. The van der Waals surface area contributed by atoms with Crippen LogP contribution in [0.1, 0.15) is 387 Å². The Hall–Kier alpha value is 0.399. The first-order chi connectivity index (χ1) is 35.1. The number of carbonyl (C=O) groups is 4. The Labute approximate surface area is 521 Å². The van der Waals surface area contributed by atoms with Gasteiger partial charge in [-0.05, 0) is 51.4 Å². The summed E-state index contributed by atoms with van der Waals surface area (Å²) in [5.41, 5.74) is 0. The number of carbonyl (C=O) groups excluding carboxylic acids is 4. The van der Waals surface area contributed by atoms with Crippen molar-refractivity contribution in [3.63, 3.8) is 0 Å². The number of hydrogen-bond acceptors (Lipinski definition) is 8. The van der Waals surface area contributed by atoms with Gasteiger partial charge in [0, 0.05) is 23.9 Å². The molecule has 0 fully saturated rings. The van der Waals surface area contributed by atoms with Gasteiger partial charge in [-0.25, -0.2) is 0 Å². The van der Waals surface area contributed by atoms with Crippen LogP contribution in [-0.4, -0.2) is 99.4 Å². The van der Waals surface area contributed by atoms with Crippen LogP contribution in [0.25, 0.3) is 0 Å². The van der Waals surface area contributed by atoms with Crippen molar-refractivity contribution in [2.24, 2.45) is 0 Å². The Morgan fingerprint density at radius 2 is 0.257 bits per heavy atom. The first-order valence-corrected chi connectivity index (χ1v) is 31.9. The van der Waals surface area contributed by atoms with E-state index in [1.54, 1.807) is 0 Å². The second-order valence-electron chi connectivity index (χ2n) is 21.5. The molecule has 0 unspecified atom stereocenters. The molecule has 74 heavy (non-hydrogen) atoms. The van der Waals surface area contributed by atoms with Crippen molar-refractivity contribution in [2.45, 2.75) is 387 Å². The molecule has 0 amide bonds. The molecule has 432 valence electrons. The van der Waals surface area contributed by atoms with Crippen molar-refractivity contribution < 1.29 is 39.6 Å². The topological polar surface area (TPSA) is 161 Å². The summed E-state index contributed by atoms with van der Waals surface area (Å²) in [6.07, 6.45) is 67.7. The molecule has 0 spiro atoms. The predicted molar refractivity (Wildman–Crippen MR) is 313 cm³/mol.